The van der Waals surface area contributed by atoms with Crippen molar-refractivity contribution < 1.29 is 18.7 Å². The van der Waals surface area contributed by atoms with Crippen molar-refractivity contribution in [1.29, 1.82) is 0 Å². The van der Waals surface area contributed by atoms with Crippen LogP contribution in [0.3, 0.4) is 0 Å². The van der Waals surface area contributed by atoms with Crippen LogP contribution in [0.5, 0.6) is 0 Å². The molecule has 3 N–H and O–H groups in total. The Labute approximate surface area is 67.9 Å². The Bertz CT molecular complexity index is 238. The SMILES string of the molecule is NC1CC(C(=O)O)=CCC1(F)F. The predicted molar refractivity (Wildman–Crippen MR) is 37.9 cm³/mol. The van der Waals surface area contributed by atoms with Gasteiger partial charge in [0.2, 0.25) is 0 Å². The minimum Gasteiger partial charge on any atom is -0.478 e. The third-order valence-electron chi connectivity index (χ3n) is 1.88. The fourth-order valence-electron chi connectivity index (χ4n) is 1.05. The van der Waals surface area contributed by atoms with Crippen LogP contribution in [-0.2, 0) is 4.79 Å². The topological polar surface area (TPSA) is 63.3 Å². The predicted octanol–water partition coefficient (Wildman–Crippen LogP) is 0.754. The second-order valence-electron chi connectivity index (χ2n) is 2.81. The number of carboxylic acids is 1. The number of aliphatic carboxylic acids is 1. The zero-order valence-electron chi connectivity index (χ0n) is 6.26. The van der Waals surface area contributed by atoms with Gasteiger partial charge < -0.3 is 10.8 Å². The monoisotopic (exact) mass is 177 g/mol. The molecule has 0 aromatic rings. The Kier molecular flexibility index (Phi) is 2.14. The molecule has 68 valence electrons. The molecular weight excluding hydrogens is 168 g/mol. The van der Waals surface area contributed by atoms with E-state index in [1.807, 2.05) is 0 Å². The Balaban J connectivity index is 2.78. The van der Waals surface area contributed by atoms with Gasteiger partial charge in [0.1, 0.15) is 0 Å². The quantitative estimate of drug-likeness (QED) is 0.621. The number of rotatable bonds is 1. The van der Waals surface area contributed by atoms with Gasteiger partial charge >= 0.3 is 5.97 Å². The molecule has 0 bridgehead atoms. The highest BCUT2D eigenvalue weighted by molar-refractivity contribution is 5.86. The van der Waals surface area contributed by atoms with Gasteiger partial charge in [0, 0.05) is 18.4 Å². The molecule has 0 aromatic heterocycles. The van der Waals surface area contributed by atoms with Gasteiger partial charge in [-0.05, 0) is 0 Å². The van der Waals surface area contributed by atoms with Gasteiger partial charge in [-0.2, -0.15) is 0 Å². The molecule has 0 heterocycles. The lowest BCUT2D eigenvalue weighted by molar-refractivity contribution is -0.133. The summed E-state index contributed by atoms with van der Waals surface area (Å²) < 4.78 is 25.3. The van der Waals surface area contributed by atoms with Crippen molar-refractivity contribution >= 4 is 5.97 Å². The second-order valence-corrected chi connectivity index (χ2v) is 2.81. The maximum Gasteiger partial charge on any atom is 0.331 e. The number of alkyl halides is 2. The maximum absolute atomic E-state index is 12.7. The van der Waals surface area contributed by atoms with Crippen LogP contribution in [-0.4, -0.2) is 23.0 Å². The summed E-state index contributed by atoms with van der Waals surface area (Å²) in [7, 11) is 0. The Morgan fingerprint density at radius 3 is 2.75 bits per heavy atom. The number of hydrogen-bond acceptors (Lipinski definition) is 2. The van der Waals surface area contributed by atoms with E-state index >= 15 is 0 Å². The molecule has 1 unspecified atom stereocenters. The van der Waals surface area contributed by atoms with Gasteiger partial charge in [-0.1, -0.05) is 6.08 Å². The van der Waals surface area contributed by atoms with Crippen molar-refractivity contribution in [2.75, 3.05) is 0 Å². The van der Waals surface area contributed by atoms with E-state index in [1.165, 1.54) is 0 Å². The van der Waals surface area contributed by atoms with Gasteiger partial charge in [0.05, 0.1) is 6.04 Å². The van der Waals surface area contributed by atoms with Crippen molar-refractivity contribution in [2.45, 2.75) is 24.8 Å². The first-order chi connectivity index (χ1) is 5.43. The molecule has 0 aliphatic heterocycles. The van der Waals surface area contributed by atoms with Crippen molar-refractivity contribution in [3.05, 3.63) is 11.6 Å². The average molecular weight is 177 g/mol. The van der Waals surface area contributed by atoms with Crippen LogP contribution >= 0.6 is 0 Å². The molecule has 0 aromatic carbocycles. The van der Waals surface area contributed by atoms with Crippen molar-refractivity contribution in [1.82, 2.24) is 0 Å². The maximum atomic E-state index is 12.7. The number of allylic oxidation sites excluding steroid dienone is 1. The van der Waals surface area contributed by atoms with Crippen molar-refractivity contribution in [2.24, 2.45) is 5.73 Å². The first-order valence-corrected chi connectivity index (χ1v) is 3.49. The highest BCUT2D eigenvalue weighted by Gasteiger charge is 2.40. The number of carboxylic acid groups (broad SMARTS) is 1. The van der Waals surface area contributed by atoms with E-state index in [-0.39, 0.29) is 12.0 Å². The number of carbonyl (C=O) groups is 1. The number of halogens is 2. The van der Waals surface area contributed by atoms with Crippen LogP contribution in [0.25, 0.3) is 0 Å². The van der Waals surface area contributed by atoms with Crippen molar-refractivity contribution in [3.8, 4) is 0 Å². The van der Waals surface area contributed by atoms with Gasteiger partial charge in [-0.3, -0.25) is 0 Å². The zero-order chi connectivity index (χ0) is 9.35. The van der Waals surface area contributed by atoms with Crippen LogP contribution in [0.2, 0.25) is 0 Å². The van der Waals surface area contributed by atoms with E-state index in [0.717, 1.165) is 6.08 Å². The van der Waals surface area contributed by atoms with Crippen LogP contribution in [0, 0.1) is 0 Å². The van der Waals surface area contributed by atoms with E-state index in [2.05, 4.69) is 0 Å². The minimum atomic E-state index is -2.96. The van der Waals surface area contributed by atoms with Crippen LogP contribution in [0.15, 0.2) is 11.6 Å². The smallest absolute Gasteiger partial charge is 0.331 e. The molecule has 3 nitrogen and oxygen atoms in total. The fourth-order valence-corrected chi connectivity index (χ4v) is 1.05. The van der Waals surface area contributed by atoms with E-state index in [0.29, 0.717) is 0 Å². The molecule has 12 heavy (non-hydrogen) atoms. The molecule has 5 heteroatoms. The lowest BCUT2D eigenvalue weighted by Crippen LogP contribution is -2.43. The normalized spacial score (nSPS) is 27.9. The summed E-state index contributed by atoms with van der Waals surface area (Å²) in [6.07, 6.45) is 0.198. The largest absolute Gasteiger partial charge is 0.478 e. The summed E-state index contributed by atoms with van der Waals surface area (Å²) in [6, 6.07) is -1.37. The van der Waals surface area contributed by atoms with Gasteiger partial charge in [-0.25, -0.2) is 13.6 Å². The van der Waals surface area contributed by atoms with Gasteiger partial charge in [0.25, 0.3) is 5.92 Å². The Hall–Kier alpha value is -0.970. The average Bonchev–Trinajstić information content (AvgIpc) is 1.94. The van der Waals surface area contributed by atoms with E-state index in [9.17, 15) is 13.6 Å². The molecule has 1 aliphatic rings. The summed E-state index contributed by atoms with van der Waals surface area (Å²) >= 11 is 0. The van der Waals surface area contributed by atoms with E-state index < -0.39 is 24.4 Å². The standard InChI is InChI=1S/C7H9F2NO2/c8-7(9)2-1-4(6(11)12)3-5(7)10/h1,5H,2-3,10H2,(H,11,12). The van der Waals surface area contributed by atoms with E-state index in [4.69, 9.17) is 10.8 Å². The summed E-state index contributed by atoms with van der Waals surface area (Å²) in [6.45, 7) is 0. The van der Waals surface area contributed by atoms with Crippen LogP contribution < -0.4 is 5.73 Å². The summed E-state index contributed by atoms with van der Waals surface area (Å²) in [5, 5.41) is 8.46. The summed E-state index contributed by atoms with van der Waals surface area (Å²) in [5.74, 6) is -4.13. The lowest BCUT2D eigenvalue weighted by Gasteiger charge is -2.26. The molecular formula is C7H9F2NO2. The Morgan fingerprint density at radius 2 is 2.33 bits per heavy atom. The number of hydrogen-bond donors (Lipinski definition) is 2. The molecule has 0 spiro atoms. The molecule has 0 saturated heterocycles. The highest BCUT2D eigenvalue weighted by atomic mass is 19.3. The Morgan fingerprint density at radius 1 is 1.75 bits per heavy atom. The molecule has 0 radical (unpaired) electrons. The first kappa shape index (κ1) is 9.12. The van der Waals surface area contributed by atoms with Gasteiger partial charge in [-0.15, -0.1) is 0 Å². The second kappa shape index (κ2) is 2.82. The molecule has 1 aliphatic carbocycles. The molecule has 1 rings (SSSR count). The third kappa shape index (κ3) is 1.61. The molecule has 0 fully saturated rings. The van der Waals surface area contributed by atoms with Gasteiger partial charge in [0.15, 0.2) is 0 Å². The van der Waals surface area contributed by atoms with Crippen molar-refractivity contribution in [3.63, 3.8) is 0 Å². The fraction of sp³-hybridized carbons (Fsp3) is 0.571. The minimum absolute atomic E-state index is 0.0200. The first-order valence-electron chi connectivity index (χ1n) is 3.49. The number of nitrogens with two attached hydrogens (primary N) is 1. The molecule has 0 saturated carbocycles. The highest BCUT2D eigenvalue weighted by Crippen LogP contribution is 2.31. The summed E-state index contributed by atoms with van der Waals surface area (Å²) in [4.78, 5) is 10.3. The van der Waals surface area contributed by atoms with Crippen LogP contribution in [0.4, 0.5) is 8.78 Å². The molecule has 0 amide bonds. The van der Waals surface area contributed by atoms with Crippen LogP contribution in [0.1, 0.15) is 12.8 Å². The van der Waals surface area contributed by atoms with E-state index in [1.54, 1.807) is 0 Å². The zero-order valence-corrected chi connectivity index (χ0v) is 6.26. The third-order valence-corrected chi connectivity index (χ3v) is 1.88. The summed E-state index contributed by atoms with van der Waals surface area (Å²) in [5.41, 5.74) is 5.07. The lowest BCUT2D eigenvalue weighted by atomic mass is 9.92. The molecule has 1 atom stereocenters.